The highest BCUT2D eigenvalue weighted by atomic mass is 32.2. The van der Waals surface area contributed by atoms with Gasteiger partial charge in [0, 0.05) is 19.4 Å². The minimum absolute atomic E-state index is 0.00449. The zero-order valence-electron chi connectivity index (χ0n) is 9.04. The molecule has 1 aromatic rings. The molecule has 7 nitrogen and oxygen atoms in total. The molecule has 0 saturated carbocycles. The summed E-state index contributed by atoms with van der Waals surface area (Å²) in [6.45, 7) is 0. The lowest BCUT2D eigenvalue weighted by atomic mass is 10.3. The molecule has 0 aliphatic heterocycles. The molecule has 0 atom stereocenters. The molecule has 0 aliphatic rings. The number of rotatable bonds is 3. The number of methoxy groups -OCH3 is 1. The molecule has 0 radical (unpaired) electrons. The van der Waals surface area contributed by atoms with Crippen LogP contribution < -0.4 is 4.31 Å². The van der Waals surface area contributed by atoms with Crippen molar-refractivity contribution in [2.45, 2.75) is 0 Å². The summed E-state index contributed by atoms with van der Waals surface area (Å²) in [5, 5.41) is 0. The molecule has 0 amide bonds. The van der Waals surface area contributed by atoms with Crippen LogP contribution in [-0.4, -0.2) is 44.8 Å². The predicted molar refractivity (Wildman–Crippen MR) is 56.6 cm³/mol. The Morgan fingerprint density at radius 2 is 1.88 bits per heavy atom. The molecule has 0 N–H and O–H groups in total. The molecular formula is C8H11N3O4S. The molecule has 0 spiro atoms. The Hall–Kier alpha value is -1.70. The van der Waals surface area contributed by atoms with E-state index >= 15 is 0 Å². The average Bonchev–Trinajstić information content (AvgIpc) is 2.26. The number of nitrogens with zero attached hydrogens (tertiary/aromatic N) is 3. The number of ether oxygens (including phenoxy) is 1. The molecular weight excluding hydrogens is 234 g/mol. The van der Waals surface area contributed by atoms with Crippen molar-refractivity contribution in [2.24, 2.45) is 0 Å². The van der Waals surface area contributed by atoms with E-state index in [1.54, 1.807) is 0 Å². The second-order valence-corrected chi connectivity index (χ2v) is 5.01. The third-order valence-corrected chi connectivity index (χ3v) is 3.00. The highest BCUT2D eigenvalue weighted by molar-refractivity contribution is 7.92. The molecule has 1 rings (SSSR count). The molecule has 1 heterocycles. The van der Waals surface area contributed by atoms with Gasteiger partial charge in [-0.25, -0.2) is 27.5 Å². The van der Waals surface area contributed by atoms with Gasteiger partial charge in [0.2, 0.25) is 16.0 Å². The van der Waals surface area contributed by atoms with Gasteiger partial charge in [-0.3, -0.25) is 0 Å². The lowest BCUT2D eigenvalue weighted by Gasteiger charge is -2.13. The molecule has 0 bridgehead atoms. The number of carbonyl (C=O) groups is 1. The number of hydrogen-bond donors (Lipinski definition) is 0. The lowest BCUT2D eigenvalue weighted by molar-refractivity contribution is 0.0600. The summed E-state index contributed by atoms with van der Waals surface area (Å²) in [5.74, 6) is -0.580. The number of sulfonamides is 1. The first kappa shape index (κ1) is 12.4. The SMILES string of the molecule is COC(=O)c1cnc(N(C)S(C)(=O)=O)nc1. The standard InChI is InChI=1S/C8H11N3O4S/c1-11(16(3,13)14)8-9-4-6(5-10-8)7(12)15-2/h4-5H,1-3H3. The van der Waals surface area contributed by atoms with Crippen LogP contribution in [0.25, 0.3) is 0 Å². The van der Waals surface area contributed by atoms with Crippen LogP contribution in [0, 0.1) is 0 Å². The van der Waals surface area contributed by atoms with Crippen molar-refractivity contribution >= 4 is 21.9 Å². The molecule has 8 heteroatoms. The normalized spacial score (nSPS) is 10.9. The first-order valence-corrected chi connectivity index (χ1v) is 6.05. The largest absolute Gasteiger partial charge is 0.465 e. The van der Waals surface area contributed by atoms with Gasteiger partial charge < -0.3 is 4.74 Å². The Bertz CT molecular complexity index is 483. The van der Waals surface area contributed by atoms with Gasteiger partial charge >= 0.3 is 5.97 Å². The summed E-state index contributed by atoms with van der Waals surface area (Å²) in [5.41, 5.74) is 0.160. The van der Waals surface area contributed by atoms with E-state index in [0.29, 0.717) is 0 Å². The average molecular weight is 245 g/mol. The fourth-order valence-electron chi connectivity index (χ4n) is 0.855. The van der Waals surface area contributed by atoms with E-state index in [-0.39, 0.29) is 11.5 Å². The Morgan fingerprint density at radius 1 is 1.38 bits per heavy atom. The highest BCUT2D eigenvalue weighted by Crippen LogP contribution is 2.08. The topological polar surface area (TPSA) is 89.5 Å². The molecule has 88 valence electrons. The second kappa shape index (κ2) is 4.44. The third kappa shape index (κ3) is 2.66. The Balaban J connectivity index is 3.00. The van der Waals surface area contributed by atoms with E-state index < -0.39 is 16.0 Å². The zero-order chi connectivity index (χ0) is 12.3. The minimum atomic E-state index is -3.40. The van der Waals surface area contributed by atoms with Gasteiger partial charge in [-0.05, 0) is 0 Å². The van der Waals surface area contributed by atoms with Crippen molar-refractivity contribution in [1.82, 2.24) is 9.97 Å². The Kier molecular flexibility index (Phi) is 3.43. The number of carbonyl (C=O) groups excluding carboxylic acids is 1. The summed E-state index contributed by atoms with van der Waals surface area (Å²) >= 11 is 0. The van der Waals surface area contributed by atoms with Gasteiger partial charge in [-0.2, -0.15) is 0 Å². The first-order chi connectivity index (χ1) is 7.36. The smallest absolute Gasteiger partial charge is 0.341 e. The van der Waals surface area contributed by atoms with E-state index in [4.69, 9.17) is 0 Å². The van der Waals surface area contributed by atoms with E-state index in [9.17, 15) is 13.2 Å². The third-order valence-electron chi connectivity index (χ3n) is 1.84. The summed E-state index contributed by atoms with van der Waals surface area (Å²) in [6, 6.07) is 0. The van der Waals surface area contributed by atoms with E-state index in [1.807, 2.05) is 0 Å². The van der Waals surface area contributed by atoms with Crippen molar-refractivity contribution in [3.63, 3.8) is 0 Å². The maximum absolute atomic E-state index is 11.2. The summed E-state index contributed by atoms with van der Waals surface area (Å²) in [4.78, 5) is 18.6. The van der Waals surface area contributed by atoms with Crippen LogP contribution in [0.4, 0.5) is 5.95 Å². The molecule has 0 saturated heterocycles. The zero-order valence-corrected chi connectivity index (χ0v) is 9.85. The summed E-state index contributed by atoms with van der Waals surface area (Å²) in [6.07, 6.45) is 3.44. The molecule has 0 fully saturated rings. The van der Waals surface area contributed by atoms with Gasteiger partial charge in [0.1, 0.15) is 0 Å². The molecule has 16 heavy (non-hydrogen) atoms. The fourth-order valence-corrected chi connectivity index (χ4v) is 1.25. The van der Waals surface area contributed by atoms with Crippen molar-refractivity contribution in [3.05, 3.63) is 18.0 Å². The van der Waals surface area contributed by atoms with Gasteiger partial charge in [-0.15, -0.1) is 0 Å². The second-order valence-electron chi connectivity index (χ2n) is 2.99. The van der Waals surface area contributed by atoms with Gasteiger partial charge in [0.25, 0.3) is 0 Å². The van der Waals surface area contributed by atoms with Crippen LogP contribution in [0.15, 0.2) is 12.4 Å². The van der Waals surface area contributed by atoms with Crippen LogP contribution >= 0.6 is 0 Å². The van der Waals surface area contributed by atoms with Crippen LogP contribution in [-0.2, 0) is 14.8 Å². The molecule has 0 aliphatic carbocycles. The first-order valence-electron chi connectivity index (χ1n) is 4.20. The monoisotopic (exact) mass is 245 g/mol. The van der Waals surface area contributed by atoms with Crippen LogP contribution in [0.1, 0.15) is 10.4 Å². The number of esters is 1. The highest BCUT2D eigenvalue weighted by Gasteiger charge is 2.15. The minimum Gasteiger partial charge on any atom is -0.465 e. The van der Waals surface area contributed by atoms with Gasteiger partial charge in [0.05, 0.1) is 18.9 Å². The maximum Gasteiger partial charge on any atom is 0.341 e. The number of hydrogen-bond acceptors (Lipinski definition) is 6. The van der Waals surface area contributed by atoms with Gasteiger partial charge in [0.15, 0.2) is 0 Å². The van der Waals surface area contributed by atoms with Crippen molar-refractivity contribution in [1.29, 1.82) is 0 Å². The van der Waals surface area contributed by atoms with Crippen molar-refractivity contribution in [3.8, 4) is 0 Å². The van der Waals surface area contributed by atoms with E-state index in [0.717, 1.165) is 10.6 Å². The van der Waals surface area contributed by atoms with Crippen LogP contribution in [0.5, 0.6) is 0 Å². The van der Waals surface area contributed by atoms with Crippen molar-refractivity contribution < 1.29 is 17.9 Å². The quantitative estimate of drug-likeness (QED) is 0.677. The molecule has 0 aromatic carbocycles. The fraction of sp³-hybridized carbons (Fsp3) is 0.375. The number of aromatic nitrogens is 2. The maximum atomic E-state index is 11.2. The summed E-state index contributed by atoms with van der Waals surface area (Å²) < 4.78 is 27.7. The molecule has 0 unspecified atom stereocenters. The van der Waals surface area contributed by atoms with Crippen LogP contribution in [0.3, 0.4) is 0 Å². The van der Waals surface area contributed by atoms with Crippen molar-refractivity contribution in [2.75, 3.05) is 24.7 Å². The van der Waals surface area contributed by atoms with Gasteiger partial charge in [-0.1, -0.05) is 0 Å². The molecule has 1 aromatic heterocycles. The Morgan fingerprint density at radius 3 is 2.25 bits per heavy atom. The summed E-state index contributed by atoms with van der Waals surface area (Å²) in [7, 11) is -0.845. The van der Waals surface area contributed by atoms with E-state index in [1.165, 1.54) is 26.6 Å². The number of anilines is 1. The van der Waals surface area contributed by atoms with E-state index in [2.05, 4.69) is 14.7 Å². The lowest BCUT2D eigenvalue weighted by Crippen LogP contribution is -2.26. The van der Waals surface area contributed by atoms with Crippen LogP contribution in [0.2, 0.25) is 0 Å². The Labute approximate surface area is 93.1 Å². The predicted octanol–water partition coefficient (Wildman–Crippen LogP) is -0.341.